The van der Waals surface area contributed by atoms with Gasteiger partial charge in [-0.1, -0.05) is 23.2 Å². The predicted molar refractivity (Wildman–Crippen MR) is 71.3 cm³/mol. The molecule has 0 spiro atoms. The highest BCUT2D eigenvalue weighted by atomic mass is 35.5. The van der Waals surface area contributed by atoms with Crippen molar-refractivity contribution < 1.29 is 9.90 Å². The minimum atomic E-state index is -0.902. The summed E-state index contributed by atoms with van der Waals surface area (Å²) in [4.78, 5) is 13.4. The summed E-state index contributed by atoms with van der Waals surface area (Å²) in [5.74, 6) is -0.902. The molecule has 2 N–H and O–H groups in total. The molecular weight excluding hydrogens is 275 g/mol. The minimum Gasteiger partial charge on any atom is -0.480 e. The number of rotatable bonds is 3. The third-order valence-electron chi connectivity index (χ3n) is 3.00. The van der Waals surface area contributed by atoms with E-state index >= 15 is 0 Å². The molecule has 1 aromatic rings. The first-order valence-electron chi connectivity index (χ1n) is 5.72. The summed E-state index contributed by atoms with van der Waals surface area (Å²) in [7, 11) is 0. The maximum Gasteiger partial charge on any atom is 0.325 e. The molecule has 1 aromatic carbocycles. The lowest BCUT2D eigenvalue weighted by atomic mass is 10.0. The molecule has 1 aliphatic heterocycles. The lowest BCUT2D eigenvalue weighted by Crippen LogP contribution is -2.47. The van der Waals surface area contributed by atoms with Crippen molar-refractivity contribution >= 4 is 29.2 Å². The van der Waals surface area contributed by atoms with E-state index in [4.69, 9.17) is 23.2 Å². The summed E-state index contributed by atoms with van der Waals surface area (Å²) in [6.07, 6.45) is 0. The first kappa shape index (κ1) is 13.6. The van der Waals surface area contributed by atoms with Crippen LogP contribution in [-0.2, 0) is 4.79 Å². The number of halogens is 2. The van der Waals surface area contributed by atoms with Crippen LogP contribution < -0.4 is 5.32 Å². The van der Waals surface area contributed by atoms with Gasteiger partial charge in [-0.2, -0.15) is 0 Å². The Labute approximate surface area is 115 Å². The van der Waals surface area contributed by atoms with Crippen molar-refractivity contribution in [1.29, 1.82) is 0 Å². The van der Waals surface area contributed by atoms with Crippen molar-refractivity contribution in [3.8, 4) is 0 Å². The van der Waals surface area contributed by atoms with Gasteiger partial charge < -0.3 is 10.4 Å². The number of piperazine rings is 1. The van der Waals surface area contributed by atoms with Crippen molar-refractivity contribution in [1.82, 2.24) is 10.2 Å². The molecule has 1 fully saturated rings. The van der Waals surface area contributed by atoms with Crippen LogP contribution >= 0.6 is 23.2 Å². The van der Waals surface area contributed by atoms with Crippen molar-refractivity contribution in [3.63, 3.8) is 0 Å². The molecule has 2 rings (SSSR count). The van der Waals surface area contributed by atoms with Gasteiger partial charge in [-0.3, -0.25) is 9.69 Å². The van der Waals surface area contributed by atoms with E-state index in [2.05, 4.69) is 5.32 Å². The Hall–Kier alpha value is -0.810. The first-order valence-corrected chi connectivity index (χ1v) is 6.47. The van der Waals surface area contributed by atoms with E-state index in [1.54, 1.807) is 18.2 Å². The molecule has 1 aliphatic rings. The highest BCUT2D eigenvalue weighted by Gasteiger charge is 2.30. The van der Waals surface area contributed by atoms with Crippen LogP contribution in [0.3, 0.4) is 0 Å². The minimum absolute atomic E-state index is 0.435. The topological polar surface area (TPSA) is 52.6 Å². The van der Waals surface area contributed by atoms with Crippen LogP contribution in [0.5, 0.6) is 0 Å². The van der Waals surface area contributed by atoms with E-state index in [1.165, 1.54) is 0 Å². The summed E-state index contributed by atoms with van der Waals surface area (Å²) in [5, 5.41) is 13.6. The second-order valence-electron chi connectivity index (χ2n) is 4.19. The monoisotopic (exact) mass is 288 g/mol. The van der Waals surface area contributed by atoms with Gasteiger partial charge in [0.25, 0.3) is 0 Å². The number of hydrogen-bond acceptors (Lipinski definition) is 3. The molecular formula is C12H14Cl2N2O2. The summed E-state index contributed by atoms with van der Waals surface area (Å²) >= 11 is 12.0. The van der Waals surface area contributed by atoms with Gasteiger partial charge in [0.1, 0.15) is 6.04 Å². The van der Waals surface area contributed by atoms with Gasteiger partial charge in [0.15, 0.2) is 0 Å². The van der Waals surface area contributed by atoms with Gasteiger partial charge in [-0.15, -0.1) is 0 Å². The number of carbonyl (C=O) groups is 1. The molecule has 0 saturated carbocycles. The van der Waals surface area contributed by atoms with Gasteiger partial charge in [-0.25, -0.2) is 0 Å². The number of carboxylic acid groups (broad SMARTS) is 1. The van der Waals surface area contributed by atoms with Crippen LogP contribution in [0.2, 0.25) is 10.0 Å². The van der Waals surface area contributed by atoms with Crippen molar-refractivity contribution in [3.05, 3.63) is 33.8 Å². The highest BCUT2D eigenvalue weighted by Crippen LogP contribution is 2.30. The van der Waals surface area contributed by atoms with Gasteiger partial charge in [-0.05, 0) is 18.2 Å². The Morgan fingerprint density at radius 2 is 2.00 bits per heavy atom. The number of hydrogen-bond donors (Lipinski definition) is 2. The second kappa shape index (κ2) is 5.89. The van der Waals surface area contributed by atoms with E-state index in [0.29, 0.717) is 28.7 Å². The van der Waals surface area contributed by atoms with Gasteiger partial charge in [0.2, 0.25) is 0 Å². The van der Waals surface area contributed by atoms with Crippen molar-refractivity contribution in [2.75, 3.05) is 26.2 Å². The lowest BCUT2D eigenvalue weighted by molar-refractivity contribution is -0.143. The predicted octanol–water partition coefficient (Wildman–Crippen LogP) is 2.02. The molecule has 98 valence electrons. The zero-order valence-electron chi connectivity index (χ0n) is 9.70. The third-order valence-corrected chi connectivity index (χ3v) is 3.58. The van der Waals surface area contributed by atoms with Crippen LogP contribution in [0.15, 0.2) is 18.2 Å². The zero-order chi connectivity index (χ0) is 13.1. The van der Waals surface area contributed by atoms with Crippen LogP contribution in [0.4, 0.5) is 0 Å². The van der Waals surface area contributed by atoms with Gasteiger partial charge >= 0.3 is 5.97 Å². The van der Waals surface area contributed by atoms with E-state index in [0.717, 1.165) is 13.1 Å². The van der Waals surface area contributed by atoms with Crippen LogP contribution in [0.25, 0.3) is 0 Å². The molecule has 0 aromatic heterocycles. The number of nitrogens with zero attached hydrogens (tertiary/aromatic N) is 1. The average molecular weight is 289 g/mol. The first-order chi connectivity index (χ1) is 8.59. The lowest BCUT2D eigenvalue weighted by Gasteiger charge is -2.33. The Bertz CT molecular complexity index is 448. The molecule has 0 radical (unpaired) electrons. The summed E-state index contributed by atoms with van der Waals surface area (Å²) in [6, 6.07) is 4.19. The molecule has 1 saturated heterocycles. The van der Waals surface area contributed by atoms with E-state index < -0.39 is 12.0 Å². The molecule has 0 bridgehead atoms. The fourth-order valence-electron chi connectivity index (χ4n) is 2.15. The van der Waals surface area contributed by atoms with Crippen LogP contribution in [0, 0.1) is 0 Å². The molecule has 6 heteroatoms. The van der Waals surface area contributed by atoms with Gasteiger partial charge in [0.05, 0.1) is 0 Å². The fraction of sp³-hybridized carbons (Fsp3) is 0.417. The molecule has 1 unspecified atom stereocenters. The Kier molecular flexibility index (Phi) is 4.45. The molecule has 1 atom stereocenters. The Morgan fingerprint density at radius 3 is 2.61 bits per heavy atom. The SMILES string of the molecule is O=C(O)C(c1cc(Cl)ccc1Cl)N1CCNCC1. The maximum absolute atomic E-state index is 11.5. The molecule has 4 nitrogen and oxygen atoms in total. The van der Waals surface area contributed by atoms with Crippen LogP contribution in [0.1, 0.15) is 11.6 Å². The number of nitrogens with one attached hydrogen (secondary N) is 1. The quantitative estimate of drug-likeness (QED) is 0.894. The molecule has 1 heterocycles. The Balaban J connectivity index is 2.34. The molecule has 0 aliphatic carbocycles. The summed E-state index contributed by atoms with van der Waals surface area (Å²) in [6.45, 7) is 2.92. The van der Waals surface area contributed by atoms with Crippen molar-refractivity contribution in [2.24, 2.45) is 0 Å². The number of aliphatic carboxylic acids is 1. The molecule has 18 heavy (non-hydrogen) atoms. The zero-order valence-corrected chi connectivity index (χ0v) is 11.2. The largest absolute Gasteiger partial charge is 0.480 e. The van der Waals surface area contributed by atoms with E-state index in [9.17, 15) is 9.90 Å². The average Bonchev–Trinajstić information content (AvgIpc) is 2.35. The second-order valence-corrected chi connectivity index (χ2v) is 5.04. The number of benzene rings is 1. The van der Waals surface area contributed by atoms with Crippen molar-refractivity contribution in [2.45, 2.75) is 6.04 Å². The normalized spacial score (nSPS) is 18.6. The van der Waals surface area contributed by atoms with E-state index in [1.807, 2.05) is 4.90 Å². The highest BCUT2D eigenvalue weighted by molar-refractivity contribution is 6.33. The fourth-order valence-corrected chi connectivity index (χ4v) is 2.55. The smallest absolute Gasteiger partial charge is 0.325 e. The standard InChI is InChI=1S/C12H14Cl2N2O2/c13-8-1-2-10(14)9(7-8)11(12(17)18)16-5-3-15-4-6-16/h1-2,7,11,15H,3-6H2,(H,17,18). The van der Waals surface area contributed by atoms with Gasteiger partial charge in [0, 0.05) is 41.8 Å². The molecule has 0 amide bonds. The summed E-state index contributed by atoms with van der Waals surface area (Å²) < 4.78 is 0. The third kappa shape index (κ3) is 2.95. The summed E-state index contributed by atoms with van der Waals surface area (Å²) in [5.41, 5.74) is 0.554. The maximum atomic E-state index is 11.5. The van der Waals surface area contributed by atoms with Crippen LogP contribution in [-0.4, -0.2) is 42.2 Å². The van der Waals surface area contributed by atoms with E-state index in [-0.39, 0.29) is 0 Å². The Morgan fingerprint density at radius 1 is 1.33 bits per heavy atom. The number of carboxylic acids is 1.